The maximum absolute atomic E-state index is 12.1. The number of rotatable bonds is 9. The Morgan fingerprint density at radius 1 is 1.15 bits per heavy atom. The molecule has 0 saturated carbocycles. The number of aldehydes is 1. The summed E-state index contributed by atoms with van der Waals surface area (Å²) in [6.07, 6.45) is 2.29. The molecule has 1 aromatic rings. The van der Waals surface area contributed by atoms with Crippen molar-refractivity contribution in [2.24, 2.45) is 0 Å². The Balaban J connectivity index is 2.60. The van der Waals surface area contributed by atoms with Crippen LogP contribution in [-0.2, 0) is 13.6 Å². The number of para-hydroxylation sites is 1. The summed E-state index contributed by atoms with van der Waals surface area (Å²) < 4.78 is 27.7. The lowest BCUT2D eigenvalue weighted by Gasteiger charge is -2.12. The highest BCUT2D eigenvalue weighted by Gasteiger charge is 2.18. The SMILES string of the molecule is CCOP(=O)(/C=C/COc1ccccc1C=O)OCC. The Kier molecular flexibility index (Phi) is 7.23. The molecule has 1 rings (SSSR count). The van der Waals surface area contributed by atoms with E-state index in [1.165, 1.54) is 5.82 Å². The molecule has 0 amide bonds. The first-order valence-electron chi connectivity index (χ1n) is 6.38. The third-order valence-corrected chi connectivity index (χ3v) is 4.10. The minimum absolute atomic E-state index is 0.176. The van der Waals surface area contributed by atoms with Crippen LogP contribution >= 0.6 is 7.60 Å². The maximum atomic E-state index is 12.1. The Hall–Kier alpha value is -1.42. The van der Waals surface area contributed by atoms with Crippen molar-refractivity contribution in [1.82, 2.24) is 0 Å². The van der Waals surface area contributed by atoms with E-state index < -0.39 is 7.60 Å². The molecule has 0 radical (unpaired) electrons. The summed E-state index contributed by atoms with van der Waals surface area (Å²) in [5, 5.41) is 0. The summed E-state index contributed by atoms with van der Waals surface area (Å²) in [4.78, 5) is 10.8. The number of hydrogen-bond donors (Lipinski definition) is 0. The molecule has 0 unspecified atom stereocenters. The van der Waals surface area contributed by atoms with Gasteiger partial charge in [0.25, 0.3) is 0 Å². The average Bonchev–Trinajstić information content (AvgIpc) is 2.44. The smallest absolute Gasteiger partial charge is 0.353 e. The number of carbonyl (C=O) groups excluding carboxylic acids is 1. The van der Waals surface area contributed by atoms with Crippen LogP contribution in [0.25, 0.3) is 0 Å². The molecule has 0 aliphatic heterocycles. The van der Waals surface area contributed by atoms with E-state index in [4.69, 9.17) is 13.8 Å². The van der Waals surface area contributed by atoms with E-state index in [-0.39, 0.29) is 6.61 Å². The highest BCUT2D eigenvalue weighted by Crippen LogP contribution is 2.49. The Bertz CT molecular complexity index is 488. The van der Waals surface area contributed by atoms with E-state index in [2.05, 4.69) is 0 Å². The third-order valence-electron chi connectivity index (χ3n) is 2.29. The van der Waals surface area contributed by atoms with Gasteiger partial charge >= 0.3 is 7.60 Å². The van der Waals surface area contributed by atoms with Crippen molar-refractivity contribution in [3.8, 4) is 5.75 Å². The zero-order chi connectivity index (χ0) is 14.8. The molecular formula is C14H19O5P. The van der Waals surface area contributed by atoms with Crippen LogP contribution in [0.2, 0.25) is 0 Å². The molecule has 5 nitrogen and oxygen atoms in total. The van der Waals surface area contributed by atoms with Crippen LogP contribution in [0.3, 0.4) is 0 Å². The van der Waals surface area contributed by atoms with Crippen molar-refractivity contribution in [2.75, 3.05) is 19.8 Å². The highest BCUT2D eigenvalue weighted by molar-refractivity contribution is 7.57. The van der Waals surface area contributed by atoms with Gasteiger partial charge < -0.3 is 13.8 Å². The average molecular weight is 298 g/mol. The number of hydrogen-bond acceptors (Lipinski definition) is 5. The van der Waals surface area contributed by atoms with Crippen molar-refractivity contribution < 1.29 is 23.1 Å². The normalized spacial score (nSPS) is 11.7. The Morgan fingerprint density at radius 2 is 1.80 bits per heavy atom. The molecule has 0 atom stereocenters. The summed E-state index contributed by atoms with van der Waals surface area (Å²) in [5.41, 5.74) is 0.471. The van der Waals surface area contributed by atoms with E-state index in [0.717, 1.165) is 6.29 Å². The molecule has 0 aromatic heterocycles. The van der Waals surface area contributed by atoms with Gasteiger partial charge in [0.15, 0.2) is 6.29 Å². The van der Waals surface area contributed by atoms with Crippen LogP contribution in [0.4, 0.5) is 0 Å². The first-order valence-corrected chi connectivity index (χ1v) is 8.00. The second-order valence-electron chi connectivity index (χ2n) is 3.73. The van der Waals surface area contributed by atoms with E-state index in [0.29, 0.717) is 24.5 Å². The van der Waals surface area contributed by atoms with Gasteiger partial charge in [0.1, 0.15) is 12.4 Å². The predicted octanol–water partition coefficient (Wildman–Crippen LogP) is 3.66. The molecule has 0 saturated heterocycles. The number of carbonyl (C=O) groups is 1. The molecule has 0 fully saturated rings. The number of benzene rings is 1. The van der Waals surface area contributed by atoms with E-state index in [1.54, 1.807) is 44.2 Å². The third kappa shape index (κ3) is 5.29. The topological polar surface area (TPSA) is 61.8 Å². The number of ether oxygens (including phenoxy) is 1. The van der Waals surface area contributed by atoms with E-state index >= 15 is 0 Å². The quantitative estimate of drug-likeness (QED) is 0.514. The fraction of sp³-hybridized carbons (Fsp3) is 0.357. The first-order chi connectivity index (χ1) is 9.65. The second kappa shape index (κ2) is 8.69. The molecule has 110 valence electrons. The fourth-order valence-corrected chi connectivity index (χ4v) is 2.81. The van der Waals surface area contributed by atoms with E-state index in [9.17, 15) is 9.36 Å². The van der Waals surface area contributed by atoms with Gasteiger partial charge in [0, 0.05) is 5.82 Å². The molecule has 0 spiro atoms. The molecule has 20 heavy (non-hydrogen) atoms. The molecule has 0 N–H and O–H groups in total. The van der Waals surface area contributed by atoms with Crippen molar-refractivity contribution >= 4 is 13.9 Å². The lowest BCUT2D eigenvalue weighted by atomic mass is 10.2. The highest BCUT2D eigenvalue weighted by atomic mass is 31.2. The summed E-state index contributed by atoms with van der Waals surface area (Å²) in [6.45, 7) is 4.27. The van der Waals surface area contributed by atoms with Gasteiger partial charge in [-0.15, -0.1) is 0 Å². The summed E-state index contributed by atoms with van der Waals surface area (Å²) in [7, 11) is -3.19. The predicted molar refractivity (Wildman–Crippen MR) is 77.3 cm³/mol. The zero-order valence-electron chi connectivity index (χ0n) is 11.7. The van der Waals surface area contributed by atoms with Crippen LogP contribution in [0, 0.1) is 0 Å². The van der Waals surface area contributed by atoms with Gasteiger partial charge in [-0.1, -0.05) is 12.1 Å². The molecule has 0 bridgehead atoms. The minimum Gasteiger partial charge on any atom is -0.489 e. The lowest BCUT2D eigenvalue weighted by Crippen LogP contribution is -1.98. The minimum atomic E-state index is -3.19. The van der Waals surface area contributed by atoms with Crippen molar-refractivity contribution in [1.29, 1.82) is 0 Å². The molecule has 0 aliphatic rings. The second-order valence-corrected chi connectivity index (χ2v) is 5.62. The Morgan fingerprint density at radius 3 is 2.40 bits per heavy atom. The van der Waals surface area contributed by atoms with Crippen LogP contribution in [0.5, 0.6) is 5.75 Å². The standard InChI is InChI=1S/C14H19O5P/c1-3-18-20(16,19-4-2)11-7-10-17-14-9-6-5-8-13(14)12-15/h5-9,11-12H,3-4,10H2,1-2H3/b11-7+. The van der Waals surface area contributed by atoms with Crippen LogP contribution < -0.4 is 4.74 Å². The molecule has 0 heterocycles. The largest absolute Gasteiger partial charge is 0.489 e. The van der Waals surface area contributed by atoms with Gasteiger partial charge in [-0.05, 0) is 32.1 Å². The summed E-state index contributed by atoms with van der Waals surface area (Å²) >= 11 is 0. The molecule has 1 aromatic carbocycles. The lowest BCUT2D eigenvalue weighted by molar-refractivity contribution is 0.112. The van der Waals surface area contributed by atoms with Crippen molar-refractivity contribution in [3.63, 3.8) is 0 Å². The Labute approximate surface area is 119 Å². The van der Waals surface area contributed by atoms with Crippen LogP contribution in [0.1, 0.15) is 24.2 Å². The van der Waals surface area contributed by atoms with Gasteiger partial charge in [-0.25, -0.2) is 0 Å². The van der Waals surface area contributed by atoms with Crippen molar-refractivity contribution in [2.45, 2.75) is 13.8 Å². The van der Waals surface area contributed by atoms with Crippen molar-refractivity contribution in [3.05, 3.63) is 41.7 Å². The van der Waals surface area contributed by atoms with Gasteiger partial charge in [-0.3, -0.25) is 9.36 Å². The van der Waals surface area contributed by atoms with Gasteiger partial charge in [0.05, 0.1) is 18.8 Å². The van der Waals surface area contributed by atoms with Crippen LogP contribution in [-0.4, -0.2) is 26.1 Å². The zero-order valence-corrected chi connectivity index (χ0v) is 12.5. The molecule has 0 aliphatic carbocycles. The van der Waals surface area contributed by atoms with Gasteiger partial charge in [0.2, 0.25) is 0 Å². The summed E-state index contributed by atoms with van der Waals surface area (Å²) in [6, 6.07) is 6.89. The first kappa shape index (κ1) is 16.6. The fourth-order valence-electron chi connectivity index (χ4n) is 1.50. The van der Waals surface area contributed by atoms with Crippen LogP contribution in [0.15, 0.2) is 36.2 Å². The molecule has 6 heteroatoms. The molecular weight excluding hydrogens is 279 g/mol. The summed E-state index contributed by atoms with van der Waals surface area (Å²) in [5.74, 6) is 1.86. The van der Waals surface area contributed by atoms with Gasteiger partial charge in [-0.2, -0.15) is 0 Å². The van der Waals surface area contributed by atoms with E-state index in [1.807, 2.05) is 0 Å². The maximum Gasteiger partial charge on any atom is 0.353 e. The monoisotopic (exact) mass is 298 g/mol.